The zero-order valence-electron chi connectivity index (χ0n) is 14.8. The molecule has 2 heterocycles. The number of hydrogen-bond acceptors (Lipinski definition) is 5. The molecule has 0 aliphatic carbocycles. The van der Waals surface area contributed by atoms with E-state index >= 15 is 0 Å². The van der Waals surface area contributed by atoms with Gasteiger partial charge in [0.2, 0.25) is 5.91 Å². The summed E-state index contributed by atoms with van der Waals surface area (Å²) in [6, 6.07) is 9.06. The summed E-state index contributed by atoms with van der Waals surface area (Å²) >= 11 is 0. The SMILES string of the molecule is O=C(C=Cc1ccccc1OC(F)(F)F)Nc1ccc(N2CCOCC2)cn1. The predicted molar refractivity (Wildman–Crippen MR) is 98.1 cm³/mol. The molecule has 0 spiro atoms. The molecule has 0 bridgehead atoms. The highest BCUT2D eigenvalue weighted by molar-refractivity contribution is 6.01. The van der Waals surface area contributed by atoms with Gasteiger partial charge in [-0.15, -0.1) is 13.2 Å². The van der Waals surface area contributed by atoms with E-state index in [9.17, 15) is 18.0 Å². The quantitative estimate of drug-likeness (QED) is 0.789. The van der Waals surface area contributed by atoms with Gasteiger partial charge in [0.1, 0.15) is 11.6 Å². The standard InChI is InChI=1S/C19H18F3N3O3/c20-19(21,22)28-16-4-2-1-3-14(16)5-8-18(26)24-17-7-6-15(13-23-17)25-9-11-27-12-10-25/h1-8,13H,9-12H2,(H,23,24,26). The number of nitrogens with zero attached hydrogens (tertiary/aromatic N) is 2. The number of amides is 1. The van der Waals surface area contributed by atoms with Crippen LogP contribution in [0, 0.1) is 0 Å². The molecule has 0 atom stereocenters. The number of rotatable bonds is 5. The first-order valence-electron chi connectivity index (χ1n) is 8.53. The van der Waals surface area contributed by atoms with Crippen molar-refractivity contribution in [2.24, 2.45) is 0 Å². The summed E-state index contributed by atoms with van der Waals surface area (Å²) < 4.78 is 46.5. The first-order chi connectivity index (χ1) is 13.4. The van der Waals surface area contributed by atoms with Crippen molar-refractivity contribution in [3.8, 4) is 5.75 Å². The average molecular weight is 393 g/mol. The summed E-state index contributed by atoms with van der Waals surface area (Å²) in [4.78, 5) is 18.4. The molecule has 1 aromatic heterocycles. The Balaban J connectivity index is 1.61. The molecule has 1 aliphatic rings. The normalized spacial score (nSPS) is 14.9. The molecule has 2 aromatic rings. The fourth-order valence-electron chi connectivity index (χ4n) is 2.64. The van der Waals surface area contributed by atoms with Crippen LogP contribution >= 0.6 is 0 Å². The molecule has 1 saturated heterocycles. The van der Waals surface area contributed by atoms with E-state index in [1.165, 1.54) is 24.3 Å². The minimum Gasteiger partial charge on any atom is -0.405 e. The summed E-state index contributed by atoms with van der Waals surface area (Å²) in [5.74, 6) is -0.563. The van der Waals surface area contributed by atoms with Crippen LogP contribution in [-0.2, 0) is 9.53 Å². The maximum absolute atomic E-state index is 12.4. The van der Waals surface area contributed by atoms with Gasteiger partial charge in [-0.1, -0.05) is 18.2 Å². The smallest absolute Gasteiger partial charge is 0.405 e. The zero-order chi connectivity index (χ0) is 20.0. The van der Waals surface area contributed by atoms with Crippen LogP contribution in [0.2, 0.25) is 0 Å². The van der Waals surface area contributed by atoms with Crippen molar-refractivity contribution >= 4 is 23.5 Å². The second kappa shape index (κ2) is 8.75. The van der Waals surface area contributed by atoms with Crippen LogP contribution in [0.5, 0.6) is 5.75 Å². The molecule has 0 unspecified atom stereocenters. The van der Waals surface area contributed by atoms with Crippen molar-refractivity contribution in [1.29, 1.82) is 0 Å². The lowest BCUT2D eigenvalue weighted by Crippen LogP contribution is -2.36. The molecule has 1 aromatic carbocycles. The van der Waals surface area contributed by atoms with Gasteiger partial charge in [0.25, 0.3) is 0 Å². The van der Waals surface area contributed by atoms with E-state index in [4.69, 9.17) is 4.74 Å². The number of pyridine rings is 1. The Morgan fingerprint density at radius 1 is 1.18 bits per heavy atom. The molecular weight excluding hydrogens is 375 g/mol. The molecule has 9 heteroatoms. The monoisotopic (exact) mass is 393 g/mol. The largest absolute Gasteiger partial charge is 0.573 e. The first-order valence-corrected chi connectivity index (χ1v) is 8.53. The van der Waals surface area contributed by atoms with Gasteiger partial charge in [0, 0.05) is 24.7 Å². The number of halogens is 3. The number of carbonyl (C=O) groups excluding carboxylic acids is 1. The van der Waals surface area contributed by atoms with Gasteiger partial charge < -0.3 is 19.7 Å². The Labute approximate surface area is 159 Å². The number of aromatic nitrogens is 1. The Bertz CT molecular complexity index is 832. The number of carbonyl (C=O) groups is 1. The van der Waals surface area contributed by atoms with Crippen molar-refractivity contribution in [2.45, 2.75) is 6.36 Å². The van der Waals surface area contributed by atoms with E-state index in [-0.39, 0.29) is 11.3 Å². The fraction of sp³-hybridized carbons (Fsp3) is 0.263. The summed E-state index contributed by atoms with van der Waals surface area (Å²) in [5, 5.41) is 2.57. The number of ether oxygens (including phenoxy) is 2. The number of alkyl halides is 3. The van der Waals surface area contributed by atoms with Gasteiger partial charge >= 0.3 is 6.36 Å². The van der Waals surface area contributed by atoms with Gasteiger partial charge in [-0.25, -0.2) is 4.98 Å². The second-order valence-corrected chi connectivity index (χ2v) is 5.91. The minimum atomic E-state index is -4.81. The number of morpholine rings is 1. The Morgan fingerprint density at radius 2 is 1.93 bits per heavy atom. The molecule has 28 heavy (non-hydrogen) atoms. The molecule has 0 saturated carbocycles. The summed E-state index contributed by atoms with van der Waals surface area (Å²) in [5.41, 5.74) is 1.06. The molecule has 0 radical (unpaired) electrons. The molecule has 3 rings (SSSR count). The van der Waals surface area contributed by atoms with Gasteiger partial charge in [0.15, 0.2) is 0 Å². The Hall–Kier alpha value is -3.07. The molecule has 1 aliphatic heterocycles. The minimum absolute atomic E-state index is 0.130. The van der Waals surface area contributed by atoms with E-state index < -0.39 is 12.3 Å². The molecular formula is C19H18F3N3O3. The topological polar surface area (TPSA) is 63.7 Å². The Kier molecular flexibility index (Phi) is 6.15. The van der Waals surface area contributed by atoms with Gasteiger partial charge in [0.05, 0.1) is 25.1 Å². The third kappa shape index (κ3) is 5.71. The fourth-order valence-corrected chi connectivity index (χ4v) is 2.64. The number of nitrogens with one attached hydrogen (secondary N) is 1. The van der Waals surface area contributed by atoms with E-state index in [0.29, 0.717) is 19.0 Å². The lowest BCUT2D eigenvalue weighted by Gasteiger charge is -2.28. The average Bonchev–Trinajstić information content (AvgIpc) is 2.67. The number of para-hydroxylation sites is 1. The maximum atomic E-state index is 12.4. The highest BCUT2D eigenvalue weighted by Gasteiger charge is 2.31. The third-order valence-corrected chi connectivity index (χ3v) is 3.93. The summed E-state index contributed by atoms with van der Waals surface area (Å²) in [7, 11) is 0. The van der Waals surface area contributed by atoms with Crippen LogP contribution < -0.4 is 15.0 Å². The van der Waals surface area contributed by atoms with E-state index in [2.05, 4.69) is 19.9 Å². The summed E-state index contributed by atoms with van der Waals surface area (Å²) in [6.07, 6.45) is -0.788. The molecule has 6 nitrogen and oxygen atoms in total. The number of hydrogen-bond donors (Lipinski definition) is 1. The van der Waals surface area contributed by atoms with Gasteiger partial charge in [-0.05, 0) is 24.3 Å². The van der Waals surface area contributed by atoms with Crippen LogP contribution in [0.3, 0.4) is 0 Å². The zero-order valence-corrected chi connectivity index (χ0v) is 14.8. The van der Waals surface area contributed by atoms with Crippen LogP contribution in [0.1, 0.15) is 5.56 Å². The predicted octanol–water partition coefficient (Wildman–Crippen LogP) is 3.47. The highest BCUT2D eigenvalue weighted by Crippen LogP contribution is 2.27. The van der Waals surface area contributed by atoms with E-state index in [1.54, 1.807) is 18.3 Å². The van der Waals surface area contributed by atoms with E-state index in [1.807, 2.05) is 6.07 Å². The lowest BCUT2D eigenvalue weighted by atomic mass is 10.2. The lowest BCUT2D eigenvalue weighted by molar-refractivity contribution is -0.274. The third-order valence-electron chi connectivity index (χ3n) is 3.93. The number of benzene rings is 1. The first kappa shape index (κ1) is 19.7. The number of anilines is 2. The molecule has 1 amide bonds. The van der Waals surface area contributed by atoms with E-state index in [0.717, 1.165) is 24.9 Å². The maximum Gasteiger partial charge on any atom is 0.573 e. The molecule has 1 fully saturated rings. The highest BCUT2D eigenvalue weighted by atomic mass is 19.4. The van der Waals surface area contributed by atoms with Gasteiger partial charge in [-0.3, -0.25) is 4.79 Å². The van der Waals surface area contributed by atoms with Crippen LogP contribution in [0.25, 0.3) is 6.08 Å². The summed E-state index contributed by atoms with van der Waals surface area (Å²) in [6.45, 7) is 2.86. The second-order valence-electron chi connectivity index (χ2n) is 5.91. The van der Waals surface area contributed by atoms with Crippen LogP contribution in [0.4, 0.5) is 24.7 Å². The van der Waals surface area contributed by atoms with Crippen molar-refractivity contribution in [3.05, 3.63) is 54.2 Å². The van der Waals surface area contributed by atoms with Crippen LogP contribution in [0.15, 0.2) is 48.7 Å². The van der Waals surface area contributed by atoms with Crippen molar-refractivity contribution in [3.63, 3.8) is 0 Å². The molecule has 1 N–H and O–H groups in total. The Morgan fingerprint density at radius 3 is 2.61 bits per heavy atom. The van der Waals surface area contributed by atoms with Crippen molar-refractivity contribution < 1.29 is 27.4 Å². The van der Waals surface area contributed by atoms with Crippen LogP contribution in [-0.4, -0.2) is 43.6 Å². The van der Waals surface area contributed by atoms with Crippen molar-refractivity contribution in [1.82, 2.24) is 4.98 Å². The van der Waals surface area contributed by atoms with Crippen molar-refractivity contribution in [2.75, 3.05) is 36.5 Å². The van der Waals surface area contributed by atoms with Gasteiger partial charge in [-0.2, -0.15) is 0 Å². The molecule has 148 valence electrons.